The minimum absolute atomic E-state index is 0.0396. The zero-order chi connectivity index (χ0) is 13.8. The van der Waals surface area contributed by atoms with Crippen molar-refractivity contribution in [3.05, 3.63) is 51.7 Å². The standard InChI is InChI=1S/C15H17NO2S/c1-3-13-8-9-14(19-13)15(18)16(2)10-11-4-6-12(17)7-5-11/h4-9,17H,3,10H2,1-2H3. The van der Waals surface area contributed by atoms with E-state index in [2.05, 4.69) is 6.92 Å². The SMILES string of the molecule is CCc1ccc(C(=O)N(C)Cc2ccc(O)cc2)s1. The van der Waals surface area contributed by atoms with Crippen LogP contribution in [0.25, 0.3) is 0 Å². The highest BCUT2D eigenvalue weighted by molar-refractivity contribution is 7.14. The molecule has 19 heavy (non-hydrogen) atoms. The van der Waals surface area contributed by atoms with E-state index in [0.29, 0.717) is 6.54 Å². The van der Waals surface area contributed by atoms with Gasteiger partial charge in [0.15, 0.2) is 0 Å². The van der Waals surface area contributed by atoms with E-state index in [1.807, 2.05) is 24.3 Å². The summed E-state index contributed by atoms with van der Waals surface area (Å²) in [5.41, 5.74) is 1.00. The summed E-state index contributed by atoms with van der Waals surface area (Å²) in [6.45, 7) is 2.62. The predicted molar refractivity (Wildman–Crippen MR) is 77.6 cm³/mol. The number of benzene rings is 1. The molecule has 0 aliphatic rings. The van der Waals surface area contributed by atoms with E-state index in [0.717, 1.165) is 16.9 Å². The maximum atomic E-state index is 12.2. The van der Waals surface area contributed by atoms with Crippen molar-refractivity contribution in [2.45, 2.75) is 19.9 Å². The van der Waals surface area contributed by atoms with Gasteiger partial charge in [-0.1, -0.05) is 19.1 Å². The molecule has 1 heterocycles. The number of aromatic hydroxyl groups is 1. The molecule has 0 bridgehead atoms. The Kier molecular flexibility index (Phi) is 4.22. The van der Waals surface area contributed by atoms with Crippen molar-refractivity contribution in [2.24, 2.45) is 0 Å². The molecule has 2 rings (SSSR count). The summed E-state index contributed by atoms with van der Waals surface area (Å²) in [6.07, 6.45) is 0.958. The van der Waals surface area contributed by atoms with Crippen LogP contribution < -0.4 is 0 Å². The zero-order valence-corrected chi connectivity index (χ0v) is 11.9. The number of thiophene rings is 1. The molecule has 0 saturated heterocycles. The lowest BCUT2D eigenvalue weighted by Crippen LogP contribution is -2.25. The van der Waals surface area contributed by atoms with Gasteiger partial charge < -0.3 is 10.0 Å². The molecule has 1 aromatic heterocycles. The lowest BCUT2D eigenvalue weighted by atomic mass is 10.2. The van der Waals surface area contributed by atoms with Crippen LogP contribution in [-0.2, 0) is 13.0 Å². The van der Waals surface area contributed by atoms with Crippen LogP contribution in [0.2, 0.25) is 0 Å². The van der Waals surface area contributed by atoms with Crippen LogP contribution in [-0.4, -0.2) is 23.0 Å². The Balaban J connectivity index is 2.04. The molecule has 0 fully saturated rings. The van der Waals surface area contributed by atoms with Crippen LogP contribution in [0.1, 0.15) is 27.0 Å². The van der Waals surface area contributed by atoms with Crippen molar-refractivity contribution in [1.82, 2.24) is 4.90 Å². The van der Waals surface area contributed by atoms with Gasteiger partial charge >= 0.3 is 0 Å². The van der Waals surface area contributed by atoms with Crippen LogP contribution in [0.4, 0.5) is 0 Å². The summed E-state index contributed by atoms with van der Waals surface area (Å²) < 4.78 is 0. The molecule has 2 aromatic rings. The first-order chi connectivity index (χ1) is 9.10. The number of amides is 1. The minimum atomic E-state index is 0.0396. The second kappa shape index (κ2) is 5.89. The van der Waals surface area contributed by atoms with Gasteiger partial charge in [-0.3, -0.25) is 4.79 Å². The third kappa shape index (κ3) is 3.35. The molecule has 1 amide bonds. The smallest absolute Gasteiger partial charge is 0.263 e. The van der Waals surface area contributed by atoms with Crippen molar-refractivity contribution < 1.29 is 9.90 Å². The Morgan fingerprint density at radius 2 is 1.89 bits per heavy atom. The molecular formula is C15H17NO2S. The molecule has 1 aromatic carbocycles. The second-order valence-electron chi connectivity index (χ2n) is 4.45. The number of aryl methyl sites for hydroxylation is 1. The van der Waals surface area contributed by atoms with Crippen molar-refractivity contribution in [3.63, 3.8) is 0 Å². The van der Waals surface area contributed by atoms with Gasteiger partial charge in [0, 0.05) is 18.5 Å². The lowest BCUT2D eigenvalue weighted by molar-refractivity contribution is 0.0790. The second-order valence-corrected chi connectivity index (χ2v) is 5.62. The van der Waals surface area contributed by atoms with Crippen LogP contribution in [0.15, 0.2) is 36.4 Å². The Morgan fingerprint density at radius 3 is 2.47 bits per heavy atom. The molecule has 3 nitrogen and oxygen atoms in total. The topological polar surface area (TPSA) is 40.5 Å². The predicted octanol–water partition coefficient (Wildman–Crippen LogP) is 3.29. The zero-order valence-electron chi connectivity index (χ0n) is 11.1. The van der Waals surface area contributed by atoms with Gasteiger partial charge in [-0.05, 0) is 36.2 Å². The highest BCUT2D eigenvalue weighted by Crippen LogP contribution is 2.19. The molecule has 0 aliphatic heterocycles. The van der Waals surface area contributed by atoms with E-state index in [1.54, 1.807) is 35.4 Å². The van der Waals surface area contributed by atoms with Crippen molar-refractivity contribution in [1.29, 1.82) is 0 Å². The Bertz CT molecular complexity index is 560. The van der Waals surface area contributed by atoms with Crippen molar-refractivity contribution in [3.8, 4) is 5.75 Å². The molecule has 100 valence electrons. The van der Waals surface area contributed by atoms with Crippen LogP contribution >= 0.6 is 11.3 Å². The molecule has 0 saturated carbocycles. The first kappa shape index (κ1) is 13.6. The maximum absolute atomic E-state index is 12.2. The number of rotatable bonds is 4. The van der Waals surface area contributed by atoms with Crippen molar-refractivity contribution >= 4 is 17.2 Å². The monoisotopic (exact) mass is 275 g/mol. The number of phenols is 1. The quantitative estimate of drug-likeness (QED) is 0.930. The summed E-state index contributed by atoms with van der Waals surface area (Å²) in [5.74, 6) is 0.279. The highest BCUT2D eigenvalue weighted by atomic mass is 32.1. The highest BCUT2D eigenvalue weighted by Gasteiger charge is 2.14. The van der Waals surface area contributed by atoms with Crippen LogP contribution in [0.3, 0.4) is 0 Å². The van der Waals surface area contributed by atoms with E-state index >= 15 is 0 Å². The van der Waals surface area contributed by atoms with Gasteiger partial charge in [0.1, 0.15) is 5.75 Å². The van der Waals surface area contributed by atoms with E-state index in [1.165, 1.54) is 4.88 Å². The molecule has 4 heteroatoms. The largest absolute Gasteiger partial charge is 0.508 e. The Labute approximate surface area is 117 Å². The van der Waals surface area contributed by atoms with Gasteiger partial charge in [-0.2, -0.15) is 0 Å². The average molecular weight is 275 g/mol. The number of carbonyl (C=O) groups excluding carboxylic acids is 1. The van der Waals surface area contributed by atoms with Gasteiger partial charge in [0.2, 0.25) is 0 Å². The molecule has 0 spiro atoms. The maximum Gasteiger partial charge on any atom is 0.263 e. The minimum Gasteiger partial charge on any atom is -0.508 e. The number of nitrogens with zero attached hydrogens (tertiary/aromatic N) is 1. The fraction of sp³-hybridized carbons (Fsp3) is 0.267. The number of hydrogen-bond acceptors (Lipinski definition) is 3. The third-order valence-corrected chi connectivity index (χ3v) is 4.14. The van der Waals surface area contributed by atoms with Gasteiger partial charge in [-0.15, -0.1) is 11.3 Å². The molecule has 0 aliphatic carbocycles. The van der Waals surface area contributed by atoms with Crippen LogP contribution in [0.5, 0.6) is 5.75 Å². The third-order valence-electron chi connectivity index (χ3n) is 2.92. The number of hydrogen-bond donors (Lipinski definition) is 1. The molecule has 0 unspecified atom stereocenters. The lowest BCUT2D eigenvalue weighted by Gasteiger charge is -2.16. The van der Waals surface area contributed by atoms with Gasteiger partial charge in [0.25, 0.3) is 5.91 Å². The summed E-state index contributed by atoms with van der Waals surface area (Å²) in [6, 6.07) is 10.8. The summed E-state index contributed by atoms with van der Waals surface area (Å²) in [5, 5.41) is 9.23. The van der Waals surface area contributed by atoms with E-state index < -0.39 is 0 Å². The summed E-state index contributed by atoms with van der Waals surface area (Å²) in [7, 11) is 1.79. The Hall–Kier alpha value is -1.81. The number of phenolic OH excluding ortho intramolecular Hbond substituents is 1. The molecule has 0 atom stereocenters. The summed E-state index contributed by atoms with van der Waals surface area (Å²) >= 11 is 1.55. The molecule has 0 radical (unpaired) electrons. The fourth-order valence-electron chi connectivity index (χ4n) is 1.82. The van der Waals surface area contributed by atoms with Crippen molar-refractivity contribution in [2.75, 3.05) is 7.05 Å². The summed E-state index contributed by atoms with van der Waals surface area (Å²) in [4.78, 5) is 15.9. The first-order valence-electron chi connectivity index (χ1n) is 6.22. The molecular weight excluding hydrogens is 258 g/mol. The van der Waals surface area contributed by atoms with E-state index in [9.17, 15) is 9.90 Å². The average Bonchev–Trinajstić information content (AvgIpc) is 2.89. The normalized spacial score (nSPS) is 10.4. The first-order valence-corrected chi connectivity index (χ1v) is 7.04. The van der Waals surface area contributed by atoms with Gasteiger partial charge in [-0.25, -0.2) is 0 Å². The fourth-order valence-corrected chi connectivity index (χ4v) is 2.76. The van der Waals surface area contributed by atoms with Gasteiger partial charge in [0.05, 0.1) is 4.88 Å². The number of carbonyl (C=O) groups is 1. The Morgan fingerprint density at radius 1 is 1.21 bits per heavy atom. The molecule has 1 N–H and O–H groups in total. The van der Waals surface area contributed by atoms with E-state index in [4.69, 9.17) is 0 Å². The van der Waals surface area contributed by atoms with Crippen LogP contribution in [0, 0.1) is 0 Å². The van der Waals surface area contributed by atoms with E-state index in [-0.39, 0.29) is 11.7 Å².